The fraction of sp³-hybridized carbons (Fsp3) is 0.385. The average molecular weight is 222 g/mol. The number of hydrogen-bond donors (Lipinski definition) is 1. The van der Waals surface area contributed by atoms with Crippen molar-refractivity contribution in [2.24, 2.45) is 0 Å². The molecule has 1 aliphatic carbocycles. The Balaban J connectivity index is 2.26. The third kappa shape index (κ3) is 2.09. The van der Waals surface area contributed by atoms with Gasteiger partial charge < -0.3 is 9.84 Å². The SMILES string of the molecule is COc1cc(C(O)C2=CCCC2)ccc1F. The van der Waals surface area contributed by atoms with Crippen LogP contribution < -0.4 is 4.74 Å². The van der Waals surface area contributed by atoms with E-state index in [2.05, 4.69) is 6.08 Å². The van der Waals surface area contributed by atoms with Gasteiger partial charge in [-0.2, -0.15) is 0 Å². The van der Waals surface area contributed by atoms with E-state index in [1.54, 1.807) is 12.1 Å². The molecule has 0 aliphatic heterocycles. The standard InChI is InChI=1S/C13H15FO2/c1-16-12-8-10(6-7-11(12)14)13(15)9-4-2-3-5-9/h4,6-8,13,15H,2-3,5H2,1H3. The Kier molecular flexibility index (Phi) is 3.25. The third-order valence-electron chi connectivity index (χ3n) is 2.92. The van der Waals surface area contributed by atoms with Crippen molar-refractivity contribution in [3.63, 3.8) is 0 Å². The summed E-state index contributed by atoms with van der Waals surface area (Å²) in [4.78, 5) is 0. The molecule has 0 amide bonds. The Morgan fingerprint density at radius 3 is 2.88 bits per heavy atom. The maximum Gasteiger partial charge on any atom is 0.165 e. The van der Waals surface area contributed by atoms with Gasteiger partial charge in [0, 0.05) is 0 Å². The zero-order valence-electron chi connectivity index (χ0n) is 9.24. The highest BCUT2D eigenvalue weighted by Gasteiger charge is 2.17. The highest BCUT2D eigenvalue weighted by Crippen LogP contribution is 2.32. The molecule has 1 aromatic carbocycles. The first kappa shape index (κ1) is 11.1. The van der Waals surface area contributed by atoms with E-state index >= 15 is 0 Å². The van der Waals surface area contributed by atoms with Gasteiger partial charge in [-0.25, -0.2) is 4.39 Å². The summed E-state index contributed by atoms with van der Waals surface area (Å²) in [7, 11) is 1.42. The Bertz CT molecular complexity index is 412. The van der Waals surface area contributed by atoms with Crippen molar-refractivity contribution in [2.45, 2.75) is 25.4 Å². The second-order valence-corrected chi connectivity index (χ2v) is 3.97. The van der Waals surface area contributed by atoms with Gasteiger partial charge in [-0.05, 0) is 42.5 Å². The third-order valence-corrected chi connectivity index (χ3v) is 2.92. The molecule has 1 N–H and O–H groups in total. The lowest BCUT2D eigenvalue weighted by Gasteiger charge is -2.13. The van der Waals surface area contributed by atoms with Crippen molar-refractivity contribution in [3.05, 3.63) is 41.2 Å². The van der Waals surface area contributed by atoms with Crippen molar-refractivity contribution in [1.29, 1.82) is 0 Å². The van der Waals surface area contributed by atoms with E-state index in [9.17, 15) is 9.50 Å². The molecule has 3 heteroatoms. The van der Waals surface area contributed by atoms with Crippen LogP contribution in [0.25, 0.3) is 0 Å². The van der Waals surface area contributed by atoms with Gasteiger partial charge in [-0.3, -0.25) is 0 Å². The van der Waals surface area contributed by atoms with Gasteiger partial charge in [0.1, 0.15) is 6.10 Å². The first-order valence-electron chi connectivity index (χ1n) is 5.43. The van der Waals surface area contributed by atoms with Gasteiger partial charge in [-0.15, -0.1) is 0 Å². The van der Waals surface area contributed by atoms with Crippen LogP contribution in [0.1, 0.15) is 30.9 Å². The van der Waals surface area contributed by atoms with Crippen molar-refractivity contribution >= 4 is 0 Å². The minimum Gasteiger partial charge on any atom is -0.494 e. The van der Waals surface area contributed by atoms with E-state index in [0.717, 1.165) is 24.8 Å². The lowest BCUT2D eigenvalue weighted by molar-refractivity contribution is 0.212. The van der Waals surface area contributed by atoms with Crippen LogP contribution in [0.5, 0.6) is 5.75 Å². The first-order valence-corrected chi connectivity index (χ1v) is 5.43. The molecule has 0 radical (unpaired) electrons. The fourth-order valence-corrected chi connectivity index (χ4v) is 2.00. The number of allylic oxidation sites excluding steroid dienone is 1. The molecule has 0 saturated carbocycles. The topological polar surface area (TPSA) is 29.5 Å². The highest BCUT2D eigenvalue weighted by atomic mass is 19.1. The van der Waals surface area contributed by atoms with E-state index in [0.29, 0.717) is 5.56 Å². The number of benzene rings is 1. The Morgan fingerprint density at radius 1 is 1.44 bits per heavy atom. The first-order chi connectivity index (χ1) is 7.72. The van der Waals surface area contributed by atoms with E-state index in [1.807, 2.05) is 0 Å². The summed E-state index contributed by atoms with van der Waals surface area (Å²) in [5.74, 6) is -0.228. The molecule has 1 unspecified atom stereocenters. The smallest absolute Gasteiger partial charge is 0.165 e. The van der Waals surface area contributed by atoms with Crippen molar-refractivity contribution in [1.82, 2.24) is 0 Å². The van der Waals surface area contributed by atoms with E-state index in [4.69, 9.17) is 4.74 Å². The number of aliphatic hydroxyl groups is 1. The molecule has 0 bridgehead atoms. The fourth-order valence-electron chi connectivity index (χ4n) is 2.00. The lowest BCUT2D eigenvalue weighted by atomic mass is 10.0. The van der Waals surface area contributed by atoms with Crippen LogP contribution >= 0.6 is 0 Å². The van der Waals surface area contributed by atoms with E-state index < -0.39 is 11.9 Å². The van der Waals surface area contributed by atoms with Crippen molar-refractivity contribution in [3.8, 4) is 5.75 Å². The molecule has 1 aromatic rings. The highest BCUT2D eigenvalue weighted by molar-refractivity contribution is 5.35. The van der Waals surface area contributed by atoms with E-state index in [-0.39, 0.29) is 5.75 Å². The molecular formula is C13H15FO2. The van der Waals surface area contributed by atoms with Gasteiger partial charge >= 0.3 is 0 Å². The van der Waals surface area contributed by atoms with Gasteiger partial charge in [0.15, 0.2) is 11.6 Å². The molecule has 0 spiro atoms. The summed E-state index contributed by atoms with van der Waals surface area (Å²) >= 11 is 0. The molecule has 86 valence electrons. The van der Waals surface area contributed by atoms with Gasteiger partial charge in [-0.1, -0.05) is 12.1 Å². The number of halogens is 1. The van der Waals surface area contributed by atoms with Crippen LogP contribution in [-0.2, 0) is 0 Å². The summed E-state index contributed by atoms with van der Waals surface area (Å²) in [5, 5.41) is 10.1. The van der Waals surface area contributed by atoms with E-state index in [1.165, 1.54) is 13.2 Å². The molecule has 1 aliphatic rings. The number of rotatable bonds is 3. The second-order valence-electron chi connectivity index (χ2n) is 3.97. The Morgan fingerprint density at radius 2 is 2.25 bits per heavy atom. The van der Waals surface area contributed by atoms with Crippen LogP contribution in [0.4, 0.5) is 4.39 Å². The van der Waals surface area contributed by atoms with Crippen LogP contribution in [0.15, 0.2) is 29.8 Å². The molecule has 0 aromatic heterocycles. The predicted molar refractivity (Wildman–Crippen MR) is 59.8 cm³/mol. The van der Waals surface area contributed by atoms with Gasteiger partial charge in [0.25, 0.3) is 0 Å². The van der Waals surface area contributed by atoms with Crippen LogP contribution in [0, 0.1) is 5.82 Å². The molecule has 1 atom stereocenters. The summed E-state index contributed by atoms with van der Waals surface area (Å²) < 4.78 is 18.1. The molecule has 2 nitrogen and oxygen atoms in total. The minimum atomic E-state index is -0.628. The molecule has 2 rings (SSSR count). The quantitative estimate of drug-likeness (QED) is 0.797. The number of hydrogen-bond acceptors (Lipinski definition) is 2. The Labute approximate surface area is 94.4 Å². The number of ether oxygens (including phenoxy) is 1. The predicted octanol–water partition coefficient (Wildman–Crippen LogP) is 2.98. The van der Waals surface area contributed by atoms with Crippen molar-refractivity contribution in [2.75, 3.05) is 7.11 Å². The van der Waals surface area contributed by atoms with Crippen molar-refractivity contribution < 1.29 is 14.2 Å². The zero-order chi connectivity index (χ0) is 11.5. The monoisotopic (exact) mass is 222 g/mol. The largest absolute Gasteiger partial charge is 0.494 e. The second kappa shape index (κ2) is 4.66. The normalized spacial score (nSPS) is 17.1. The average Bonchev–Trinajstić information content (AvgIpc) is 2.82. The molecule has 16 heavy (non-hydrogen) atoms. The summed E-state index contributed by atoms with van der Waals surface area (Å²) in [6.07, 6.45) is 4.45. The number of methoxy groups -OCH3 is 1. The van der Waals surface area contributed by atoms with Crippen LogP contribution in [0.3, 0.4) is 0 Å². The number of aliphatic hydroxyl groups excluding tert-OH is 1. The maximum absolute atomic E-state index is 13.2. The molecule has 0 fully saturated rings. The van der Waals surface area contributed by atoms with Crippen LogP contribution in [0.2, 0.25) is 0 Å². The Hall–Kier alpha value is -1.35. The zero-order valence-corrected chi connectivity index (χ0v) is 9.24. The molecule has 0 heterocycles. The molecular weight excluding hydrogens is 207 g/mol. The van der Waals surface area contributed by atoms with Crippen LogP contribution in [-0.4, -0.2) is 12.2 Å². The van der Waals surface area contributed by atoms with Gasteiger partial charge in [0.2, 0.25) is 0 Å². The maximum atomic E-state index is 13.2. The lowest BCUT2D eigenvalue weighted by Crippen LogP contribution is -2.01. The summed E-state index contributed by atoms with van der Waals surface area (Å²) in [6.45, 7) is 0. The minimum absolute atomic E-state index is 0.176. The summed E-state index contributed by atoms with van der Waals surface area (Å²) in [5.41, 5.74) is 1.71. The molecule has 0 saturated heterocycles. The van der Waals surface area contributed by atoms with Gasteiger partial charge in [0.05, 0.1) is 7.11 Å². The summed E-state index contributed by atoms with van der Waals surface area (Å²) in [6, 6.07) is 4.48.